The lowest BCUT2D eigenvalue weighted by Gasteiger charge is -2.08. The van der Waals surface area contributed by atoms with Crippen LogP contribution in [-0.4, -0.2) is 22.8 Å². The van der Waals surface area contributed by atoms with Crippen LogP contribution in [0.4, 0.5) is 10.5 Å². The number of benzene rings is 1. The number of carbonyl (C=O) groups is 1. The van der Waals surface area contributed by atoms with E-state index in [1.165, 1.54) is 18.2 Å². The Labute approximate surface area is 94.1 Å². The predicted molar refractivity (Wildman–Crippen MR) is 61.7 cm³/mol. The van der Waals surface area contributed by atoms with Crippen LogP contribution in [0.15, 0.2) is 18.2 Å². The van der Waals surface area contributed by atoms with Gasteiger partial charge < -0.3 is 20.8 Å². The van der Waals surface area contributed by atoms with Crippen LogP contribution in [0.2, 0.25) is 0 Å². The summed E-state index contributed by atoms with van der Waals surface area (Å²) in [5.41, 5.74) is 0.270. The maximum Gasteiger partial charge on any atom is 0.319 e. The first-order valence-electron chi connectivity index (χ1n) is 5.20. The molecule has 0 atom stereocenters. The van der Waals surface area contributed by atoms with Crippen LogP contribution in [0, 0.1) is 0 Å². The zero-order valence-electron chi connectivity index (χ0n) is 9.16. The van der Waals surface area contributed by atoms with Gasteiger partial charge in [-0.15, -0.1) is 0 Å². The Bertz CT molecular complexity index is 366. The second-order valence-electron chi connectivity index (χ2n) is 3.44. The van der Waals surface area contributed by atoms with Crippen LogP contribution in [0.5, 0.6) is 11.5 Å². The van der Waals surface area contributed by atoms with Gasteiger partial charge >= 0.3 is 6.03 Å². The van der Waals surface area contributed by atoms with E-state index >= 15 is 0 Å². The van der Waals surface area contributed by atoms with Gasteiger partial charge in [-0.1, -0.05) is 13.3 Å². The van der Waals surface area contributed by atoms with E-state index in [1.54, 1.807) is 0 Å². The molecule has 1 rings (SSSR count). The monoisotopic (exact) mass is 224 g/mol. The van der Waals surface area contributed by atoms with E-state index in [0.717, 1.165) is 12.8 Å². The molecule has 0 unspecified atom stereocenters. The fraction of sp³-hybridized carbons (Fsp3) is 0.364. The van der Waals surface area contributed by atoms with Gasteiger partial charge in [0.1, 0.15) is 11.5 Å². The molecule has 1 aromatic carbocycles. The highest BCUT2D eigenvalue weighted by atomic mass is 16.3. The number of anilines is 1. The third-order valence-electron chi connectivity index (χ3n) is 2.05. The smallest absolute Gasteiger partial charge is 0.319 e. The van der Waals surface area contributed by atoms with Crippen molar-refractivity contribution in [3.8, 4) is 11.5 Å². The molecular weight excluding hydrogens is 208 g/mol. The SMILES string of the molecule is CCCCNC(=O)Nc1ccc(O)cc1O. The lowest BCUT2D eigenvalue weighted by molar-refractivity contribution is 0.252. The number of hydrogen-bond donors (Lipinski definition) is 4. The number of aromatic hydroxyl groups is 2. The van der Waals surface area contributed by atoms with E-state index in [2.05, 4.69) is 10.6 Å². The highest BCUT2D eigenvalue weighted by Crippen LogP contribution is 2.26. The van der Waals surface area contributed by atoms with Crippen molar-refractivity contribution < 1.29 is 15.0 Å². The van der Waals surface area contributed by atoms with Gasteiger partial charge in [-0.05, 0) is 18.6 Å². The van der Waals surface area contributed by atoms with Gasteiger partial charge in [0, 0.05) is 12.6 Å². The lowest BCUT2D eigenvalue weighted by Crippen LogP contribution is -2.29. The molecule has 16 heavy (non-hydrogen) atoms. The van der Waals surface area contributed by atoms with E-state index < -0.39 is 0 Å². The highest BCUT2D eigenvalue weighted by molar-refractivity contribution is 5.90. The third-order valence-corrected chi connectivity index (χ3v) is 2.05. The summed E-state index contributed by atoms with van der Waals surface area (Å²) in [5, 5.41) is 23.6. The fourth-order valence-electron chi connectivity index (χ4n) is 1.17. The van der Waals surface area contributed by atoms with Crippen LogP contribution >= 0.6 is 0 Å². The molecule has 1 aromatic rings. The molecule has 0 radical (unpaired) electrons. The Morgan fingerprint density at radius 3 is 2.75 bits per heavy atom. The zero-order chi connectivity index (χ0) is 12.0. The molecule has 0 saturated heterocycles. The minimum absolute atomic E-state index is 0.0468. The lowest BCUT2D eigenvalue weighted by atomic mass is 10.3. The second-order valence-corrected chi connectivity index (χ2v) is 3.44. The molecule has 0 aliphatic rings. The first-order chi connectivity index (χ1) is 7.63. The number of phenols is 2. The Hall–Kier alpha value is -1.91. The summed E-state index contributed by atoms with van der Waals surface area (Å²) < 4.78 is 0. The van der Waals surface area contributed by atoms with E-state index in [4.69, 9.17) is 5.11 Å². The summed E-state index contributed by atoms with van der Waals surface area (Å²) in [6.45, 7) is 2.63. The molecule has 5 nitrogen and oxygen atoms in total. The molecule has 0 bridgehead atoms. The quantitative estimate of drug-likeness (QED) is 0.359. The molecule has 0 aliphatic heterocycles. The van der Waals surface area contributed by atoms with Crippen molar-refractivity contribution in [2.75, 3.05) is 11.9 Å². The molecule has 0 aromatic heterocycles. The number of phenolic OH excluding ortho intramolecular Hbond substituents is 2. The average molecular weight is 224 g/mol. The van der Waals surface area contributed by atoms with Crippen molar-refractivity contribution >= 4 is 11.7 Å². The van der Waals surface area contributed by atoms with Gasteiger partial charge in [0.25, 0.3) is 0 Å². The minimum Gasteiger partial charge on any atom is -0.508 e. The average Bonchev–Trinajstić information content (AvgIpc) is 2.23. The summed E-state index contributed by atoms with van der Waals surface area (Å²) in [5.74, 6) is -0.208. The molecule has 0 heterocycles. The second kappa shape index (κ2) is 5.85. The molecular formula is C11H16N2O3. The summed E-state index contributed by atoms with van der Waals surface area (Å²) >= 11 is 0. The van der Waals surface area contributed by atoms with Gasteiger partial charge in [0.15, 0.2) is 0 Å². The van der Waals surface area contributed by atoms with Crippen molar-refractivity contribution in [3.05, 3.63) is 18.2 Å². The standard InChI is InChI=1S/C11H16N2O3/c1-2-3-6-12-11(16)13-9-5-4-8(14)7-10(9)15/h4-5,7,14-15H,2-3,6H2,1H3,(H2,12,13,16). The first kappa shape index (κ1) is 12.2. The van der Waals surface area contributed by atoms with E-state index in [-0.39, 0.29) is 23.2 Å². The van der Waals surface area contributed by atoms with Crippen molar-refractivity contribution in [3.63, 3.8) is 0 Å². The number of amides is 2. The molecule has 0 saturated carbocycles. The van der Waals surface area contributed by atoms with Crippen LogP contribution in [0.3, 0.4) is 0 Å². The van der Waals surface area contributed by atoms with Gasteiger partial charge in [-0.25, -0.2) is 4.79 Å². The van der Waals surface area contributed by atoms with Crippen molar-refractivity contribution in [2.24, 2.45) is 0 Å². The number of hydrogen-bond acceptors (Lipinski definition) is 3. The Balaban J connectivity index is 2.49. The highest BCUT2D eigenvalue weighted by Gasteiger charge is 2.05. The number of carbonyl (C=O) groups excluding carboxylic acids is 1. The maximum atomic E-state index is 11.3. The first-order valence-corrected chi connectivity index (χ1v) is 5.20. The van der Waals surface area contributed by atoms with Crippen LogP contribution < -0.4 is 10.6 Å². The number of rotatable bonds is 4. The van der Waals surface area contributed by atoms with Gasteiger partial charge in [-0.3, -0.25) is 0 Å². The molecule has 88 valence electrons. The summed E-state index contributed by atoms with van der Waals surface area (Å²) in [6.07, 6.45) is 1.92. The predicted octanol–water partition coefficient (Wildman–Crippen LogP) is 2.02. The topological polar surface area (TPSA) is 81.6 Å². The minimum atomic E-state index is -0.366. The van der Waals surface area contributed by atoms with Gasteiger partial charge in [-0.2, -0.15) is 0 Å². The van der Waals surface area contributed by atoms with E-state index in [1.807, 2.05) is 6.92 Å². The Kier molecular flexibility index (Phi) is 4.44. The Morgan fingerprint density at radius 1 is 1.38 bits per heavy atom. The van der Waals surface area contributed by atoms with Crippen molar-refractivity contribution in [1.82, 2.24) is 5.32 Å². The normalized spacial score (nSPS) is 9.81. The molecule has 2 amide bonds. The number of urea groups is 1. The van der Waals surface area contributed by atoms with Gasteiger partial charge in [0.2, 0.25) is 0 Å². The molecule has 4 N–H and O–H groups in total. The van der Waals surface area contributed by atoms with E-state index in [9.17, 15) is 9.90 Å². The summed E-state index contributed by atoms with van der Waals surface area (Å²) in [6, 6.07) is 3.63. The largest absolute Gasteiger partial charge is 0.508 e. The maximum absolute atomic E-state index is 11.3. The van der Waals surface area contributed by atoms with Crippen molar-refractivity contribution in [2.45, 2.75) is 19.8 Å². The van der Waals surface area contributed by atoms with Crippen LogP contribution in [-0.2, 0) is 0 Å². The third kappa shape index (κ3) is 3.68. The van der Waals surface area contributed by atoms with E-state index in [0.29, 0.717) is 6.54 Å². The fourth-order valence-corrected chi connectivity index (χ4v) is 1.17. The zero-order valence-corrected chi connectivity index (χ0v) is 9.16. The summed E-state index contributed by atoms with van der Waals surface area (Å²) in [7, 11) is 0. The number of unbranched alkanes of at least 4 members (excludes halogenated alkanes) is 1. The van der Waals surface area contributed by atoms with Crippen LogP contribution in [0.1, 0.15) is 19.8 Å². The Morgan fingerprint density at radius 2 is 2.12 bits per heavy atom. The van der Waals surface area contributed by atoms with Crippen LogP contribution in [0.25, 0.3) is 0 Å². The molecule has 0 spiro atoms. The molecule has 5 heteroatoms. The van der Waals surface area contributed by atoms with Gasteiger partial charge in [0.05, 0.1) is 5.69 Å². The van der Waals surface area contributed by atoms with Crippen molar-refractivity contribution in [1.29, 1.82) is 0 Å². The number of nitrogens with one attached hydrogen (secondary N) is 2. The summed E-state index contributed by atoms with van der Waals surface area (Å²) in [4.78, 5) is 11.3. The molecule has 0 fully saturated rings. The molecule has 0 aliphatic carbocycles.